The summed E-state index contributed by atoms with van der Waals surface area (Å²) in [6, 6.07) is 5.13. The van der Waals surface area contributed by atoms with Gasteiger partial charge in [0.2, 0.25) is 0 Å². The van der Waals surface area contributed by atoms with E-state index in [2.05, 4.69) is 24.1 Å². The molecule has 1 aliphatic rings. The van der Waals surface area contributed by atoms with Crippen molar-refractivity contribution >= 4 is 5.69 Å². The molecule has 1 aromatic carbocycles. The zero-order valence-electron chi connectivity index (χ0n) is 10.7. The molecule has 0 spiro atoms. The lowest BCUT2D eigenvalue weighted by atomic mass is 10.1. The highest BCUT2D eigenvalue weighted by Crippen LogP contribution is 2.27. The molecule has 0 aromatic heterocycles. The minimum atomic E-state index is -0.145. The number of hydrogen-bond acceptors (Lipinski definition) is 2. The summed E-state index contributed by atoms with van der Waals surface area (Å²) >= 11 is 0. The summed E-state index contributed by atoms with van der Waals surface area (Å²) < 4.78 is 13.3. The van der Waals surface area contributed by atoms with Crippen molar-refractivity contribution < 1.29 is 4.39 Å². The Morgan fingerprint density at radius 3 is 2.94 bits per heavy atom. The van der Waals surface area contributed by atoms with Crippen LogP contribution in [0.2, 0.25) is 0 Å². The number of benzene rings is 1. The highest BCUT2D eigenvalue weighted by Gasteiger charge is 2.20. The topological polar surface area (TPSA) is 15.3 Å². The fourth-order valence-electron chi connectivity index (χ4n) is 2.42. The summed E-state index contributed by atoms with van der Waals surface area (Å²) in [6.07, 6.45) is 1.23. The van der Waals surface area contributed by atoms with E-state index >= 15 is 0 Å². The molecule has 94 valence electrons. The largest absolute Gasteiger partial charge is 0.371 e. The fourth-order valence-corrected chi connectivity index (χ4v) is 2.42. The minimum absolute atomic E-state index is 0.145. The molecule has 0 bridgehead atoms. The molecule has 1 aliphatic heterocycles. The normalized spacial score (nSPS) is 19.9. The van der Waals surface area contributed by atoms with Crippen LogP contribution in [0, 0.1) is 11.7 Å². The molecular weight excluding hydrogens is 215 g/mol. The number of nitrogens with one attached hydrogen (secondary N) is 1. The van der Waals surface area contributed by atoms with Crippen LogP contribution in [-0.4, -0.2) is 19.6 Å². The van der Waals surface area contributed by atoms with Gasteiger partial charge in [-0.1, -0.05) is 13.8 Å². The Morgan fingerprint density at radius 1 is 1.47 bits per heavy atom. The first-order chi connectivity index (χ1) is 8.20. The van der Waals surface area contributed by atoms with Crippen LogP contribution < -0.4 is 10.2 Å². The summed E-state index contributed by atoms with van der Waals surface area (Å²) in [5.74, 6) is 0.598. The molecule has 17 heavy (non-hydrogen) atoms. The molecule has 0 radical (unpaired) electrons. The van der Waals surface area contributed by atoms with Crippen LogP contribution in [0.3, 0.4) is 0 Å². The van der Waals surface area contributed by atoms with Gasteiger partial charge in [-0.05, 0) is 42.6 Å². The Morgan fingerprint density at radius 2 is 2.29 bits per heavy atom. The lowest BCUT2D eigenvalue weighted by Crippen LogP contribution is -2.22. The van der Waals surface area contributed by atoms with Gasteiger partial charge in [0.05, 0.1) is 0 Å². The van der Waals surface area contributed by atoms with Crippen molar-refractivity contribution in [3.05, 3.63) is 29.6 Å². The first-order valence-electron chi connectivity index (χ1n) is 6.44. The molecule has 0 aliphatic carbocycles. The molecule has 1 heterocycles. The molecule has 1 fully saturated rings. The number of halogens is 1. The van der Waals surface area contributed by atoms with Gasteiger partial charge in [0.1, 0.15) is 5.82 Å². The van der Waals surface area contributed by atoms with E-state index < -0.39 is 0 Å². The molecule has 0 saturated carbocycles. The monoisotopic (exact) mass is 236 g/mol. The Balaban J connectivity index is 2.19. The smallest absolute Gasteiger partial charge is 0.123 e. The van der Waals surface area contributed by atoms with Crippen molar-refractivity contribution in [3.63, 3.8) is 0 Å². The maximum absolute atomic E-state index is 13.3. The first-order valence-corrected chi connectivity index (χ1v) is 6.44. The summed E-state index contributed by atoms with van der Waals surface area (Å²) in [7, 11) is 0. The van der Waals surface area contributed by atoms with Crippen LogP contribution >= 0.6 is 0 Å². The van der Waals surface area contributed by atoms with Crippen molar-refractivity contribution in [2.24, 2.45) is 5.92 Å². The molecule has 1 aromatic rings. The van der Waals surface area contributed by atoms with Crippen LogP contribution in [0.4, 0.5) is 10.1 Å². The van der Waals surface area contributed by atoms with E-state index in [1.807, 2.05) is 6.07 Å². The van der Waals surface area contributed by atoms with Gasteiger partial charge in [-0.3, -0.25) is 0 Å². The number of hydrogen-bond donors (Lipinski definition) is 1. The van der Waals surface area contributed by atoms with Gasteiger partial charge in [-0.2, -0.15) is 0 Å². The van der Waals surface area contributed by atoms with Crippen LogP contribution in [0.15, 0.2) is 18.2 Å². The third kappa shape index (κ3) is 2.97. The lowest BCUT2D eigenvalue weighted by Gasteiger charge is -2.22. The molecule has 1 unspecified atom stereocenters. The second kappa shape index (κ2) is 5.50. The molecule has 2 nitrogen and oxygen atoms in total. The maximum atomic E-state index is 13.3. The van der Waals surface area contributed by atoms with Crippen molar-refractivity contribution in [1.29, 1.82) is 0 Å². The van der Waals surface area contributed by atoms with E-state index in [9.17, 15) is 4.39 Å². The van der Waals surface area contributed by atoms with E-state index in [1.54, 1.807) is 12.1 Å². The maximum Gasteiger partial charge on any atom is 0.123 e. The average molecular weight is 236 g/mol. The van der Waals surface area contributed by atoms with Gasteiger partial charge in [-0.15, -0.1) is 0 Å². The number of anilines is 1. The fraction of sp³-hybridized carbons (Fsp3) is 0.571. The lowest BCUT2D eigenvalue weighted by molar-refractivity contribution is 0.621. The summed E-state index contributed by atoms with van der Waals surface area (Å²) in [6.45, 7) is 8.17. The zero-order valence-corrected chi connectivity index (χ0v) is 10.7. The predicted octanol–water partition coefficient (Wildman–Crippen LogP) is 2.78. The molecule has 2 rings (SSSR count). The van der Waals surface area contributed by atoms with Gasteiger partial charge in [-0.25, -0.2) is 4.39 Å². The van der Waals surface area contributed by atoms with Crippen molar-refractivity contribution in [3.8, 4) is 0 Å². The summed E-state index contributed by atoms with van der Waals surface area (Å²) in [4.78, 5) is 2.37. The van der Waals surface area contributed by atoms with Crippen LogP contribution in [0.1, 0.15) is 25.8 Å². The molecule has 1 saturated heterocycles. The minimum Gasteiger partial charge on any atom is -0.371 e. The molecule has 1 atom stereocenters. The summed E-state index contributed by atoms with van der Waals surface area (Å²) in [5, 5.41) is 3.27. The number of rotatable bonds is 4. The molecule has 3 heteroatoms. The van der Waals surface area contributed by atoms with Gasteiger partial charge in [0.25, 0.3) is 0 Å². The highest BCUT2D eigenvalue weighted by molar-refractivity contribution is 5.54. The SMILES string of the molecule is CCNCc1cc(F)ccc1N1CCC(C)C1. The first kappa shape index (κ1) is 12.4. The second-order valence-electron chi connectivity index (χ2n) is 4.89. The second-order valence-corrected chi connectivity index (χ2v) is 4.89. The molecule has 1 N–H and O–H groups in total. The third-order valence-corrected chi connectivity index (χ3v) is 3.37. The van der Waals surface area contributed by atoms with Gasteiger partial charge >= 0.3 is 0 Å². The average Bonchev–Trinajstić information content (AvgIpc) is 2.73. The van der Waals surface area contributed by atoms with Crippen LogP contribution in [0.25, 0.3) is 0 Å². The standard InChI is InChI=1S/C14H21FN2/c1-3-16-9-12-8-13(15)4-5-14(12)17-7-6-11(2)10-17/h4-5,8,11,16H,3,6-7,9-10H2,1-2H3. The number of nitrogens with zero attached hydrogens (tertiary/aromatic N) is 1. The van der Waals surface area contributed by atoms with E-state index in [0.717, 1.165) is 37.7 Å². The van der Waals surface area contributed by atoms with Crippen molar-refractivity contribution in [2.75, 3.05) is 24.5 Å². The quantitative estimate of drug-likeness (QED) is 0.864. The third-order valence-electron chi connectivity index (χ3n) is 3.37. The van der Waals surface area contributed by atoms with Crippen LogP contribution in [0.5, 0.6) is 0 Å². The van der Waals surface area contributed by atoms with E-state index in [-0.39, 0.29) is 5.82 Å². The molecule has 0 amide bonds. The Kier molecular flexibility index (Phi) is 4.00. The van der Waals surface area contributed by atoms with Crippen molar-refractivity contribution in [1.82, 2.24) is 5.32 Å². The van der Waals surface area contributed by atoms with E-state index in [1.165, 1.54) is 12.1 Å². The highest BCUT2D eigenvalue weighted by atomic mass is 19.1. The van der Waals surface area contributed by atoms with Gasteiger partial charge < -0.3 is 10.2 Å². The van der Waals surface area contributed by atoms with E-state index in [0.29, 0.717) is 0 Å². The summed E-state index contributed by atoms with van der Waals surface area (Å²) in [5.41, 5.74) is 2.26. The van der Waals surface area contributed by atoms with Gasteiger partial charge in [0, 0.05) is 25.3 Å². The Bertz CT molecular complexity index is 378. The van der Waals surface area contributed by atoms with Crippen molar-refractivity contribution in [2.45, 2.75) is 26.8 Å². The zero-order chi connectivity index (χ0) is 12.3. The van der Waals surface area contributed by atoms with Crippen LogP contribution in [-0.2, 0) is 6.54 Å². The van der Waals surface area contributed by atoms with Gasteiger partial charge in [0.15, 0.2) is 0 Å². The molecular formula is C14H21FN2. The Labute approximate surface area is 103 Å². The predicted molar refractivity (Wildman–Crippen MR) is 69.8 cm³/mol. The van der Waals surface area contributed by atoms with E-state index in [4.69, 9.17) is 0 Å². The Hall–Kier alpha value is -1.09.